The van der Waals surface area contributed by atoms with Crippen molar-refractivity contribution in [1.29, 1.82) is 0 Å². The van der Waals surface area contributed by atoms with Crippen molar-refractivity contribution in [2.24, 2.45) is 5.92 Å². The molecule has 0 unspecified atom stereocenters. The summed E-state index contributed by atoms with van der Waals surface area (Å²) in [6.07, 6.45) is 1.70. The van der Waals surface area contributed by atoms with Gasteiger partial charge in [-0.3, -0.25) is 0 Å². The molecule has 3 aromatic heterocycles. The van der Waals surface area contributed by atoms with Crippen LogP contribution in [0, 0.1) is 25.6 Å². The zero-order valence-corrected chi connectivity index (χ0v) is 14.8. The van der Waals surface area contributed by atoms with Crippen molar-refractivity contribution in [2.45, 2.75) is 34.2 Å². The summed E-state index contributed by atoms with van der Waals surface area (Å²) in [7, 11) is 0. The third kappa shape index (κ3) is 2.49. The number of fused-ring (bicyclic) bond motifs is 3. The van der Waals surface area contributed by atoms with Crippen molar-refractivity contribution in [3.63, 3.8) is 0 Å². The fourth-order valence-corrected chi connectivity index (χ4v) is 3.24. The number of nitrogens with zero attached hydrogens (tertiary/aromatic N) is 5. The monoisotopic (exact) mass is 337 g/mol. The molecule has 0 atom stereocenters. The van der Waals surface area contributed by atoms with Gasteiger partial charge in [-0.1, -0.05) is 13.8 Å². The summed E-state index contributed by atoms with van der Waals surface area (Å²) in [5.41, 5.74) is 4.89. The molecule has 0 aliphatic carbocycles. The summed E-state index contributed by atoms with van der Waals surface area (Å²) >= 11 is 0. The lowest BCUT2D eigenvalue weighted by Crippen LogP contribution is -2.07. The minimum Gasteiger partial charge on any atom is -0.329 e. The molecule has 128 valence electrons. The lowest BCUT2D eigenvalue weighted by atomic mass is 10.2. The highest BCUT2D eigenvalue weighted by Gasteiger charge is 2.18. The molecular formula is C19H20FN5. The molecular weight excluding hydrogens is 317 g/mol. The van der Waals surface area contributed by atoms with Crippen LogP contribution in [-0.4, -0.2) is 24.1 Å². The number of benzene rings is 1. The van der Waals surface area contributed by atoms with E-state index in [2.05, 4.69) is 42.3 Å². The van der Waals surface area contributed by atoms with Gasteiger partial charge in [-0.25, -0.2) is 18.9 Å². The van der Waals surface area contributed by atoms with Crippen LogP contribution in [0.25, 0.3) is 28.1 Å². The van der Waals surface area contributed by atoms with E-state index in [0.29, 0.717) is 11.7 Å². The van der Waals surface area contributed by atoms with Gasteiger partial charge in [0.15, 0.2) is 11.5 Å². The summed E-state index contributed by atoms with van der Waals surface area (Å²) in [5.74, 6) is 0.830. The average Bonchev–Trinajstić information content (AvgIpc) is 3.10. The van der Waals surface area contributed by atoms with Crippen LogP contribution < -0.4 is 0 Å². The van der Waals surface area contributed by atoms with E-state index in [0.717, 1.165) is 28.8 Å². The van der Waals surface area contributed by atoms with E-state index in [1.165, 1.54) is 23.4 Å². The maximum absolute atomic E-state index is 13.2. The number of hydrogen-bond acceptors (Lipinski definition) is 3. The fraction of sp³-hybridized carbons (Fsp3) is 0.316. The van der Waals surface area contributed by atoms with E-state index >= 15 is 0 Å². The van der Waals surface area contributed by atoms with Crippen LogP contribution in [-0.2, 0) is 6.54 Å². The molecule has 0 radical (unpaired) electrons. The topological polar surface area (TPSA) is 48.0 Å². The third-order valence-electron chi connectivity index (χ3n) is 4.60. The molecule has 0 saturated heterocycles. The van der Waals surface area contributed by atoms with Crippen molar-refractivity contribution < 1.29 is 4.39 Å². The Hall–Kier alpha value is -2.76. The first-order valence-electron chi connectivity index (χ1n) is 8.42. The maximum atomic E-state index is 13.2. The van der Waals surface area contributed by atoms with Gasteiger partial charge in [0, 0.05) is 17.8 Å². The van der Waals surface area contributed by atoms with Gasteiger partial charge in [0.2, 0.25) is 0 Å². The Kier molecular flexibility index (Phi) is 3.56. The molecule has 4 aromatic rings. The Morgan fingerprint density at radius 2 is 1.80 bits per heavy atom. The SMILES string of the molecule is Cc1c(C)n(CC(C)C)c2ncn3nc(-c4ccc(F)cc4)nc3c12. The zero-order chi connectivity index (χ0) is 17.7. The Bertz CT molecular complexity index is 1070. The molecule has 6 heteroatoms. The van der Waals surface area contributed by atoms with Gasteiger partial charge in [0.1, 0.15) is 17.8 Å². The normalized spacial score (nSPS) is 11.9. The van der Waals surface area contributed by atoms with E-state index in [-0.39, 0.29) is 5.82 Å². The largest absolute Gasteiger partial charge is 0.329 e. The van der Waals surface area contributed by atoms with Crippen molar-refractivity contribution >= 4 is 16.7 Å². The highest BCUT2D eigenvalue weighted by atomic mass is 19.1. The first-order chi connectivity index (χ1) is 12.0. The molecule has 0 amide bonds. The number of hydrogen-bond donors (Lipinski definition) is 0. The van der Waals surface area contributed by atoms with E-state index in [1.807, 2.05) is 0 Å². The van der Waals surface area contributed by atoms with E-state index in [1.54, 1.807) is 23.0 Å². The van der Waals surface area contributed by atoms with Crippen LogP contribution in [0.15, 0.2) is 30.6 Å². The highest BCUT2D eigenvalue weighted by molar-refractivity contribution is 5.94. The van der Waals surface area contributed by atoms with E-state index in [4.69, 9.17) is 4.98 Å². The van der Waals surface area contributed by atoms with Crippen molar-refractivity contribution in [2.75, 3.05) is 0 Å². The molecule has 0 saturated carbocycles. The Labute approximate surface area is 145 Å². The summed E-state index contributed by atoms with van der Waals surface area (Å²) in [5, 5.41) is 5.54. The average molecular weight is 337 g/mol. The highest BCUT2D eigenvalue weighted by Crippen LogP contribution is 2.28. The minimum atomic E-state index is -0.270. The smallest absolute Gasteiger partial charge is 0.182 e. The van der Waals surface area contributed by atoms with Crippen LogP contribution in [0.2, 0.25) is 0 Å². The summed E-state index contributed by atoms with van der Waals surface area (Å²) in [6.45, 7) is 9.53. The number of rotatable bonds is 3. The second kappa shape index (κ2) is 5.65. The minimum absolute atomic E-state index is 0.270. The maximum Gasteiger partial charge on any atom is 0.182 e. The van der Waals surface area contributed by atoms with Crippen LogP contribution in [0.1, 0.15) is 25.1 Å². The molecule has 0 bridgehead atoms. The molecule has 0 N–H and O–H groups in total. The van der Waals surface area contributed by atoms with Crippen molar-refractivity contribution in [3.05, 3.63) is 47.7 Å². The van der Waals surface area contributed by atoms with Gasteiger partial charge in [0.05, 0.1) is 5.39 Å². The predicted molar refractivity (Wildman–Crippen MR) is 96.0 cm³/mol. The van der Waals surface area contributed by atoms with Crippen LogP contribution >= 0.6 is 0 Å². The Balaban J connectivity index is 1.96. The molecule has 0 aliphatic rings. The first-order valence-corrected chi connectivity index (χ1v) is 8.42. The fourth-order valence-electron chi connectivity index (χ4n) is 3.24. The van der Waals surface area contributed by atoms with Crippen molar-refractivity contribution in [1.82, 2.24) is 24.1 Å². The second-order valence-corrected chi connectivity index (χ2v) is 6.87. The Morgan fingerprint density at radius 1 is 1.08 bits per heavy atom. The van der Waals surface area contributed by atoms with Gasteiger partial charge in [-0.15, -0.1) is 5.10 Å². The van der Waals surface area contributed by atoms with Crippen molar-refractivity contribution in [3.8, 4) is 11.4 Å². The zero-order valence-electron chi connectivity index (χ0n) is 14.8. The van der Waals surface area contributed by atoms with E-state index in [9.17, 15) is 4.39 Å². The van der Waals surface area contributed by atoms with Crippen LogP contribution in [0.3, 0.4) is 0 Å². The molecule has 5 nitrogen and oxygen atoms in total. The molecule has 0 spiro atoms. The van der Waals surface area contributed by atoms with Gasteiger partial charge in [-0.05, 0) is 49.6 Å². The van der Waals surface area contributed by atoms with Crippen LogP contribution in [0.5, 0.6) is 0 Å². The predicted octanol–water partition coefficient (Wildman–Crippen LogP) is 4.16. The second-order valence-electron chi connectivity index (χ2n) is 6.87. The third-order valence-corrected chi connectivity index (χ3v) is 4.60. The lowest BCUT2D eigenvalue weighted by molar-refractivity contribution is 0.524. The molecule has 4 rings (SSSR count). The summed E-state index contributed by atoms with van der Waals surface area (Å²) < 4.78 is 17.1. The lowest BCUT2D eigenvalue weighted by Gasteiger charge is -2.10. The molecule has 0 fully saturated rings. The van der Waals surface area contributed by atoms with Gasteiger partial charge >= 0.3 is 0 Å². The van der Waals surface area contributed by atoms with Gasteiger partial charge < -0.3 is 4.57 Å². The molecule has 1 aromatic carbocycles. The van der Waals surface area contributed by atoms with E-state index < -0.39 is 0 Å². The summed E-state index contributed by atoms with van der Waals surface area (Å²) in [4.78, 5) is 9.34. The Morgan fingerprint density at radius 3 is 2.48 bits per heavy atom. The standard InChI is InChI=1S/C19H20FN5/c1-11(2)9-24-13(4)12(3)16-18(24)21-10-25-19(16)22-17(23-25)14-5-7-15(20)8-6-14/h5-8,10-11H,9H2,1-4H3. The first kappa shape index (κ1) is 15.7. The number of halogens is 1. The van der Waals surface area contributed by atoms with Gasteiger partial charge in [0.25, 0.3) is 0 Å². The number of aromatic nitrogens is 5. The molecule has 0 aliphatic heterocycles. The quantitative estimate of drug-likeness (QED) is 0.564. The number of aryl methyl sites for hydroxylation is 1. The molecule has 3 heterocycles. The van der Waals surface area contributed by atoms with Crippen LogP contribution in [0.4, 0.5) is 4.39 Å². The van der Waals surface area contributed by atoms with Gasteiger partial charge in [-0.2, -0.15) is 0 Å². The summed E-state index contributed by atoms with van der Waals surface area (Å²) in [6, 6.07) is 6.22. The molecule has 25 heavy (non-hydrogen) atoms.